The minimum atomic E-state index is 0.356. The third kappa shape index (κ3) is 2.48. The van der Waals surface area contributed by atoms with E-state index in [0.717, 1.165) is 17.0 Å². The molecule has 4 nitrogen and oxygen atoms in total. The van der Waals surface area contributed by atoms with Crippen molar-refractivity contribution in [3.8, 4) is 22.4 Å². The zero-order valence-corrected chi connectivity index (χ0v) is 12.7. The smallest absolute Gasteiger partial charge is 0.153 e. The van der Waals surface area contributed by atoms with Crippen LogP contribution in [0.25, 0.3) is 22.4 Å². The number of rotatable bonds is 2. The number of nitrogens with two attached hydrogens (primary N) is 1. The first-order valence-electron chi connectivity index (χ1n) is 6.29. The Kier molecular flexibility index (Phi) is 3.57. The maximum atomic E-state index is 6.29. The summed E-state index contributed by atoms with van der Waals surface area (Å²) in [5.74, 6) is 0.356. The Bertz CT molecular complexity index is 791. The molecule has 0 atom stereocenters. The molecular weight excluding hydrogens is 307 g/mol. The third-order valence-corrected chi connectivity index (χ3v) is 3.82. The fourth-order valence-corrected chi connectivity index (χ4v) is 2.84. The Morgan fingerprint density at radius 3 is 2.48 bits per heavy atom. The van der Waals surface area contributed by atoms with Crippen LogP contribution in [0.1, 0.15) is 5.69 Å². The van der Waals surface area contributed by atoms with Crippen LogP contribution < -0.4 is 5.73 Å². The molecule has 0 fully saturated rings. The average molecular weight is 319 g/mol. The van der Waals surface area contributed by atoms with E-state index in [0.29, 0.717) is 27.0 Å². The van der Waals surface area contributed by atoms with Crippen molar-refractivity contribution in [3.63, 3.8) is 0 Å². The molecule has 0 aliphatic carbocycles. The van der Waals surface area contributed by atoms with Crippen molar-refractivity contribution < 1.29 is 0 Å². The molecule has 0 bridgehead atoms. The second-order valence-corrected chi connectivity index (χ2v) is 5.46. The fraction of sp³-hybridized carbons (Fsp3) is 0.0667. The molecule has 0 unspecified atom stereocenters. The summed E-state index contributed by atoms with van der Waals surface area (Å²) < 4.78 is 0. The van der Waals surface area contributed by atoms with Gasteiger partial charge in [0.2, 0.25) is 0 Å². The molecule has 0 amide bonds. The van der Waals surface area contributed by atoms with Gasteiger partial charge in [-0.25, -0.2) is 0 Å². The fourth-order valence-electron chi connectivity index (χ4n) is 2.26. The molecule has 21 heavy (non-hydrogen) atoms. The first-order valence-corrected chi connectivity index (χ1v) is 7.04. The van der Waals surface area contributed by atoms with Crippen LogP contribution in [0.2, 0.25) is 10.0 Å². The number of H-pyrrole nitrogens is 1. The molecule has 0 aliphatic heterocycles. The third-order valence-electron chi connectivity index (χ3n) is 3.19. The van der Waals surface area contributed by atoms with E-state index in [1.54, 1.807) is 24.4 Å². The number of halogens is 2. The predicted octanol–water partition coefficient (Wildman–Crippen LogP) is 4.34. The van der Waals surface area contributed by atoms with Crippen LogP contribution in [0, 0.1) is 6.92 Å². The first kappa shape index (κ1) is 13.9. The minimum absolute atomic E-state index is 0.356. The molecule has 0 spiro atoms. The van der Waals surface area contributed by atoms with Crippen LogP contribution in [-0.2, 0) is 0 Å². The summed E-state index contributed by atoms with van der Waals surface area (Å²) in [5.41, 5.74) is 9.99. The highest BCUT2D eigenvalue weighted by atomic mass is 35.5. The number of aryl methyl sites for hydroxylation is 1. The number of anilines is 1. The lowest BCUT2D eigenvalue weighted by atomic mass is 10.0. The molecule has 1 aromatic carbocycles. The van der Waals surface area contributed by atoms with Gasteiger partial charge < -0.3 is 5.73 Å². The Labute approximate surface area is 131 Å². The molecule has 0 saturated heterocycles. The Morgan fingerprint density at radius 1 is 1.10 bits per heavy atom. The summed E-state index contributed by atoms with van der Waals surface area (Å²) in [6.45, 7) is 1.92. The van der Waals surface area contributed by atoms with Gasteiger partial charge in [-0.2, -0.15) is 5.10 Å². The van der Waals surface area contributed by atoms with Crippen LogP contribution in [-0.4, -0.2) is 15.2 Å². The van der Waals surface area contributed by atoms with Crippen LogP contribution >= 0.6 is 23.2 Å². The molecule has 3 rings (SSSR count). The molecule has 3 N–H and O–H groups in total. The molecule has 2 heterocycles. The van der Waals surface area contributed by atoms with Gasteiger partial charge in [0.15, 0.2) is 5.82 Å². The van der Waals surface area contributed by atoms with Gasteiger partial charge in [-0.15, -0.1) is 0 Å². The largest absolute Gasteiger partial charge is 0.382 e. The van der Waals surface area contributed by atoms with Crippen molar-refractivity contribution >= 4 is 29.0 Å². The van der Waals surface area contributed by atoms with Crippen molar-refractivity contribution in [1.29, 1.82) is 0 Å². The van der Waals surface area contributed by atoms with Crippen molar-refractivity contribution in [2.24, 2.45) is 0 Å². The number of nitrogen functional groups attached to an aromatic ring is 1. The van der Waals surface area contributed by atoms with E-state index in [2.05, 4.69) is 15.2 Å². The SMILES string of the molecule is Cc1cc(-c2[nH]nc(N)c2-c2c(Cl)cccc2Cl)ccn1. The van der Waals surface area contributed by atoms with Crippen molar-refractivity contribution in [2.75, 3.05) is 5.73 Å². The highest BCUT2D eigenvalue weighted by Gasteiger charge is 2.19. The van der Waals surface area contributed by atoms with E-state index in [4.69, 9.17) is 28.9 Å². The summed E-state index contributed by atoms with van der Waals surface area (Å²) in [5, 5.41) is 8.11. The van der Waals surface area contributed by atoms with Crippen LogP contribution in [0.3, 0.4) is 0 Å². The van der Waals surface area contributed by atoms with Crippen molar-refractivity contribution in [2.45, 2.75) is 6.92 Å². The molecule has 0 aliphatic rings. The summed E-state index contributed by atoms with van der Waals surface area (Å²) in [4.78, 5) is 4.19. The normalized spacial score (nSPS) is 10.8. The zero-order valence-electron chi connectivity index (χ0n) is 11.2. The Balaban J connectivity index is 2.28. The second-order valence-electron chi connectivity index (χ2n) is 4.64. The van der Waals surface area contributed by atoms with Crippen molar-refractivity contribution in [1.82, 2.24) is 15.2 Å². The van der Waals surface area contributed by atoms with E-state index in [-0.39, 0.29) is 0 Å². The number of benzene rings is 1. The van der Waals surface area contributed by atoms with Gasteiger partial charge >= 0.3 is 0 Å². The van der Waals surface area contributed by atoms with E-state index in [9.17, 15) is 0 Å². The van der Waals surface area contributed by atoms with Gasteiger partial charge in [-0.1, -0.05) is 29.3 Å². The molecular formula is C15H12Cl2N4. The summed E-state index contributed by atoms with van der Waals surface area (Å²) in [7, 11) is 0. The highest BCUT2D eigenvalue weighted by Crippen LogP contribution is 2.42. The lowest BCUT2D eigenvalue weighted by Crippen LogP contribution is -1.91. The number of hydrogen-bond donors (Lipinski definition) is 2. The lowest BCUT2D eigenvalue weighted by Gasteiger charge is -2.09. The van der Waals surface area contributed by atoms with Crippen molar-refractivity contribution in [3.05, 3.63) is 52.3 Å². The average Bonchev–Trinajstić information content (AvgIpc) is 2.81. The second kappa shape index (κ2) is 5.39. The maximum absolute atomic E-state index is 6.29. The summed E-state index contributed by atoms with van der Waals surface area (Å²) in [6, 6.07) is 9.17. The van der Waals surface area contributed by atoms with Gasteiger partial charge in [0.05, 0.1) is 21.3 Å². The molecule has 0 radical (unpaired) electrons. The maximum Gasteiger partial charge on any atom is 0.153 e. The van der Waals surface area contributed by atoms with Gasteiger partial charge in [0, 0.05) is 23.0 Å². The number of aromatic nitrogens is 3. The summed E-state index contributed by atoms with van der Waals surface area (Å²) in [6.07, 6.45) is 1.74. The van der Waals surface area contributed by atoms with Crippen LogP contribution in [0.5, 0.6) is 0 Å². The van der Waals surface area contributed by atoms with Crippen LogP contribution in [0.4, 0.5) is 5.82 Å². The number of hydrogen-bond acceptors (Lipinski definition) is 3. The molecule has 0 saturated carbocycles. The number of pyridine rings is 1. The molecule has 2 aromatic heterocycles. The monoisotopic (exact) mass is 318 g/mol. The molecule has 6 heteroatoms. The van der Waals surface area contributed by atoms with E-state index in [1.807, 2.05) is 19.1 Å². The van der Waals surface area contributed by atoms with E-state index < -0.39 is 0 Å². The topological polar surface area (TPSA) is 67.6 Å². The van der Waals surface area contributed by atoms with Gasteiger partial charge in [0.1, 0.15) is 0 Å². The molecule has 3 aromatic rings. The first-order chi connectivity index (χ1) is 10.1. The number of nitrogens with one attached hydrogen (secondary N) is 1. The lowest BCUT2D eigenvalue weighted by molar-refractivity contribution is 1.10. The highest BCUT2D eigenvalue weighted by molar-refractivity contribution is 6.39. The minimum Gasteiger partial charge on any atom is -0.382 e. The standard InChI is InChI=1S/C15H12Cl2N4/c1-8-7-9(5-6-19-8)14-13(15(18)21-20-14)12-10(16)3-2-4-11(12)17/h2-7H,1H3,(H3,18,20,21). The molecule has 106 valence electrons. The van der Waals surface area contributed by atoms with Gasteiger partial charge in [-0.05, 0) is 31.2 Å². The summed E-state index contributed by atoms with van der Waals surface area (Å²) >= 11 is 12.6. The Hall–Kier alpha value is -2.04. The van der Waals surface area contributed by atoms with E-state index >= 15 is 0 Å². The van der Waals surface area contributed by atoms with Crippen LogP contribution in [0.15, 0.2) is 36.5 Å². The number of aromatic amines is 1. The number of nitrogens with zero attached hydrogens (tertiary/aromatic N) is 2. The predicted molar refractivity (Wildman–Crippen MR) is 86.4 cm³/mol. The Morgan fingerprint density at radius 2 is 1.81 bits per heavy atom. The zero-order chi connectivity index (χ0) is 15.0. The van der Waals surface area contributed by atoms with E-state index in [1.165, 1.54) is 0 Å². The quantitative estimate of drug-likeness (QED) is 0.738. The van der Waals surface area contributed by atoms with Gasteiger partial charge in [0.25, 0.3) is 0 Å². The van der Waals surface area contributed by atoms with Gasteiger partial charge in [-0.3, -0.25) is 10.1 Å².